The highest BCUT2D eigenvalue weighted by Crippen LogP contribution is 2.24. The van der Waals surface area contributed by atoms with E-state index in [0.29, 0.717) is 11.5 Å². The second kappa shape index (κ2) is 6.32. The molecular weight excluding hydrogens is 288 g/mol. The number of carbonyl (C=O) groups is 1. The number of rotatable bonds is 3. The molecule has 0 aliphatic carbocycles. The number of carbonyl (C=O) groups excluding carboxylic acids is 1. The number of H-pyrrole nitrogens is 1. The lowest BCUT2D eigenvalue weighted by molar-refractivity contribution is 0.0945. The number of nitrogens with zero attached hydrogens (tertiary/aromatic N) is 1. The van der Waals surface area contributed by atoms with Crippen molar-refractivity contribution >= 4 is 16.9 Å². The zero-order valence-corrected chi connectivity index (χ0v) is 14.2. The summed E-state index contributed by atoms with van der Waals surface area (Å²) in [7, 11) is 0. The van der Waals surface area contributed by atoms with E-state index in [1.165, 1.54) is 0 Å². The molecule has 1 aromatic carbocycles. The van der Waals surface area contributed by atoms with E-state index in [1.807, 2.05) is 18.2 Å². The summed E-state index contributed by atoms with van der Waals surface area (Å²) in [6.07, 6.45) is 2.25. The van der Waals surface area contributed by atoms with Gasteiger partial charge in [-0.1, -0.05) is 26.8 Å². The Morgan fingerprint density at radius 3 is 2.74 bits per heavy atom. The van der Waals surface area contributed by atoms with Gasteiger partial charge in [0.1, 0.15) is 11.3 Å². The van der Waals surface area contributed by atoms with Gasteiger partial charge in [0.15, 0.2) is 0 Å². The minimum absolute atomic E-state index is 0.0268. The van der Waals surface area contributed by atoms with Crippen molar-refractivity contribution in [3.05, 3.63) is 29.6 Å². The highest BCUT2D eigenvalue weighted by molar-refractivity contribution is 6.04. The predicted molar refractivity (Wildman–Crippen MR) is 92.7 cm³/mol. The van der Waals surface area contributed by atoms with Crippen molar-refractivity contribution in [2.45, 2.75) is 39.0 Å². The normalized spacial score (nSPS) is 16.7. The second-order valence-corrected chi connectivity index (χ2v) is 7.44. The summed E-state index contributed by atoms with van der Waals surface area (Å²) in [5.74, 6) is 1.45. The van der Waals surface area contributed by atoms with Crippen molar-refractivity contribution in [2.24, 2.45) is 5.92 Å². The van der Waals surface area contributed by atoms with E-state index in [4.69, 9.17) is 0 Å². The largest absolute Gasteiger partial charge is 0.352 e. The van der Waals surface area contributed by atoms with Gasteiger partial charge in [0.25, 0.3) is 5.91 Å². The fraction of sp³-hybridized carbons (Fsp3) is 0.556. The van der Waals surface area contributed by atoms with Crippen LogP contribution in [0.4, 0.5) is 0 Å². The number of hydrogen-bond acceptors (Lipinski definition) is 3. The molecule has 5 nitrogen and oxygen atoms in total. The molecule has 23 heavy (non-hydrogen) atoms. The van der Waals surface area contributed by atoms with Gasteiger partial charge in [-0.3, -0.25) is 4.79 Å². The Morgan fingerprint density at radius 2 is 2.04 bits per heavy atom. The zero-order valence-electron chi connectivity index (χ0n) is 14.2. The van der Waals surface area contributed by atoms with Gasteiger partial charge in [-0.25, -0.2) is 4.98 Å². The van der Waals surface area contributed by atoms with Crippen LogP contribution in [0.2, 0.25) is 0 Å². The van der Waals surface area contributed by atoms with Crippen molar-refractivity contribution in [1.29, 1.82) is 0 Å². The first-order chi connectivity index (χ1) is 10.9. The van der Waals surface area contributed by atoms with Crippen LogP contribution < -0.4 is 10.6 Å². The fourth-order valence-corrected chi connectivity index (χ4v) is 2.99. The van der Waals surface area contributed by atoms with E-state index in [1.54, 1.807) is 0 Å². The number of hydrogen-bond donors (Lipinski definition) is 3. The predicted octanol–water partition coefficient (Wildman–Crippen LogP) is 2.59. The molecule has 1 aromatic heterocycles. The van der Waals surface area contributed by atoms with E-state index >= 15 is 0 Å². The van der Waals surface area contributed by atoms with Crippen molar-refractivity contribution in [3.63, 3.8) is 0 Å². The van der Waals surface area contributed by atoms with Crippen LogP contribution in [0.5, 0.6) is 0 Å². The number of amides is 1. The number of nitrogens with one attached hydrogen (secondary N) is 3. The minimum Gasteiger partial charge on any atom is -0.352 e. The maximum absolute atomic E-state index is 12.6. The number of aromatic amines is 1. The molecule has 0 atom stereocenters. The van der Waals surface area contributed by atoms with Gasteiger partial charge >= 0.3 is 0 Å². The van der Waals surface area contributed by atoms with Crippen LogP contribution in [0.25, 0.3) is 11.0 Å². The van der Waals surface area contributed by atoms with Crippen LogP contribution in [-0.4, -0.2) is 35.5 Å². The Morgan fingerprint density at radius 1 is 1.30 bits per heavy atom. The molecule has 3 rings (SSSR count). The quantitative estimate of drug-likeness (QED) is 0.815. The van der Waals surface area contributed by atoms with Crippen LogP contribution in [-0.2, 0) is 5.41 Å². The van der Waals surface area contributed by atoms with Crippen molar-refractivity contribution in [1.82, 2.24) is 20.6 Å². The molecular formula is C18H26N4O. The topological polar surface area (TPSA) is 69.8 Å². The Labute approximate surface area is 137 Å². The molecule has 1 fully saturated rings. The molecule has 3 N–H and O–H groups in total. The van der Waals surface area contributed by atoms with Gasteiger partial charge in [-0.05, 0) is 44.0 Å². The lowest BCUT2D eigenvalue weighted by Crippen LogP contribution is -2.36. The maximum Gasteiger partial charge on any atom is 0.253 e. The summed E-state index contributed by atoms with van der Waals surface area (Å²) in [5.41, 5.74) is 2.27. The Kier molecular flexibility index (Phi) is 4.39. The first-order valence-corrected chi connectivity index (χ1v) is 8.43. The third-order valence-corrected chi connectivity index (χ3v) is 4.48. The van der Waals surface area contributed by atoms with Gasteiger partial charge in [-0.15, -0.1) is 0 Å². The van der Waals surface area contributed by atoms with Gasteiger partial charge in [0, 0.05) is 12.0 Å². The first kappa shape index (κ1) is 16.0. The van der Waals surface area contributed by atoms with Crippen molar-refractivity contribution < 1.29 is 4.79 Å². The number of aromatic nitrogens is 2. The number of piperidine rings is 1. The Bertz CT molecular complexity index is 693. The highest BCUT2D eigenvalue weighted by Gasteiger charge is 2.21. The summed E-state index contributed by atoms with van der Waals surface area (Å²) in [6, 6.07) is 5.74. The standard InChI is InChI=1S/C18H26N4O/c1-18(2,3)17-21-14-6-4-5-13(15(14)22-17)16(23)20-11-12-7-9-19-10-8-12/h4-6,12,19H,7-11H2,1-3H3,(H,20,23)(H,21,22). The summed E-state index contributed by atoms with van der Waals surface area (Å²) in [4.78, 5) is 20.6. The molecule has 0 saturated carbocycles. The summed E-state index contributed by atoms with van der Waals surface area (Å²) in [6.45, 7) is 9.17. The van der Waals surface area contributed by atoms with Crippen molar-refractivity contribution in [3.8, 4) is 0 Å². The number of imidazole rings is 1. The minimum atomic E-state index is -0.0676. The molecule has 0 unspecified atom stereocenters. The summed E-state index contributed by atoms with van der Waals surface area (Å²) >= 11 is 0. The van der Waals surface area contributed by atoms with Crippen molar-refractivity contribution in [2.75, 3.05) is 19.6 Å². The van der Waals surface area contributed by atoms with E-state index in [9.17, 15) is 4.79 Å². The summed E-state index contributed by atoms with van der Waals surface area (Å²) in [5, 5.41) is 6.44. The molecule has 1 aliphatic rings. The average molecular weight is 314 g/mol. The zero-order chi connectivity index (χ0) is 16.4. The maximum atomic E-state index is 12.6. The molecule has 1 saturated heterocycles. The third kappa shape index (κ3) is 3.55. The van der Waals surface area contributed by atoms with Gasteiger partial charge < -0.3 is 15.6 Å². The molecule has 2 heterocycles. The van der Waals surface area contributed by atoms with E-state index < -0.39 is 0 Å². The van der Waals surface area contributed by atoms with Gasteiger partial charge in [-0.2, -0.15) is 0 Å². The van der Waals surface area contributed by atoms with Gasteiger partial charge in [0.2, 0.25) is 0 Å². The lowest BCUT2D eigenvalue weighted by atomic mass is 9.96. The number of benzene rings is 1. The third-order valence-electron chi connectivity index (χ3n) is 4.48. The van der Waals surface area contributed by atoms with Gasteiger partial charge in [0.05, 0.1) is 11.1 Å². The van der Waals surface area contributed by atoms with Crippen LogP contribution >= 0.6 is 0 Å². The highest BCUT2D eigenvalue weighted by atomic mass is 16.1. The molecule has 1 aliphatic heterocycles. The second-order valence-electron chi connectivity index (χ2n) is 7.44. The smallest absolute Gasteiger partial charge is 0.253 e. The molecule has 0 radical (unpaired) electrons. The molecule has 124 valence electrons. The fourth-order valence-electron chi connectivity index (χ4n) is 2.99. The molecule has 5 heteroatoms. The van der Waals surface area contributed by atoms with Crippen LogP contribution in [0, 0.1) is 5.92 Å². The van der Waals surface area contributed by atoms with Crippen LogP contribution in [0.15, 0.2) is 18.2 Å². The summed E-state index contributed by atoms with van der Waals surface area (Å²) < 4.78 is 0. The monoisotopic (exact) mass is 314 g/mol. The lowest BCUT2D eigenvalue weighted by Gasteiger charge is -2.22. The molecule has 0 spiro atoms. The number of para-hydroxylation sites is 1. The van der Waals surface area contributed by atoms with Crippen LogP contribution in [0.1, 0.15) is 49.8 Å². The van der Waals surface area contributed by atoms with E-state index in [-0.39, 0.29) is 11.3 Å². The SMILES string of the molecule is CC(C)(C)c1nc2c(C(=O)NCC3CCNCC3)cccc2[nH]1. The first-order valence-electron chi connectivity index (χ1n) is 8.43. The Balaban J connectivity index is 1.78. The van der Waals surface area contributed by atoms with E-state index in [0.717, 1.165) is 49.3 Å². The molecule has 2 aromatic rings. The molecule has 0 bridgehead atoms. The Hall–Kier alpha value is -1.88. The van der Waals surface area contributed by atoms with Crippen LogP contribution in [0.3, 0.4) is 0 Å². The average Bonchev–Trinajstić information content (AvgIpc) is 2.98. The van der Waals surface area contributed by atoms with E-state index in [2.05, 4.69) is 41.4 Å². The number of fused-ring (bicyclic) bond motifs is 1. The molecule has 1 amide bonds.